The molecule has 0 spiro atoms. The summed E-state index contributed by atoms with van der Waals surface area (Å²) in [6.07, 6.45) is 11.4. The maximum Gasteiger partial charge on any atom is 0.132 e. The van der Waals surface area contributed by atoms with Gasteiger partial charge in [-0.05, 0) is 31.1 Å². The average Bonchev–Trinajstić information content (AvgIpc) is 2.64. The summed E-state index contributed by atoms with van der Waals surface area (Å²) in [6.45, 7) is 3.91. The van der Waals surface area contributed by atoms with Gasteiger partial charge in [-0.25, -0.2) is 0 Å². The molecular weight excluding hydrogens is 308 g/mol. The Kier molecular flexibility index (Phi) is 6.10. The van der Waals surface area contributed by atoms with Crippen molar-refractivity contribution in [3.63, 3.8) is 0 Å². The van der Waals surface area contributed by atoms with Crippen LogP contribution in [0, 0.1) is 11.8 Å². The average molecular weight is 341 g/mol. The number of unbranched alkanes of at least 4 members (excludes halogenated alkanes) is 1. The predicted molar refractivity (Wildman–Crippen MR) is 105 cm³/mol. The lowest BCUT2D eigenvalue weighted by Gasteiger charge is -2.42. The molecule has 0 atom stereocenters. The van der Waals surface area contributed by atoms with E-state index in [-0.39, 0.29) is 0 Å². The second-order valence-electron chi connectivity index (χ2n) is 8.04. The van der Waals surface area contributed by atoms with Crippen molar-refractivity contribution in [2.24, 2.45) is 11.8 Å². The Hall–Kier alpha value is -1.15. The van der Waals surface area contributed by atoms with Gasteiger partial charge < -0.3 is 0 Å². The summed E-state index contributed by atoms with van der Waals surface area (Å²) in [4.78, 5) is 11.5. The quantitative estimate of drug-likeness (QED) is 0.381. The minimum absolute atomic E-state index is 0.500. The number of allylic oxidation sites excluding steroid dienone is 1. The largest absolute Gasteiger partial charge is 0.300 e. The third kappa shape index (κ3) is 4.08. The van der Waals surface area contributed by atoms with Crippen molar-refractivity contribution < 1.29 is 4.79 Å². The maximum absolute atomic E-state index is 11.5. The van der Waals surface area contributed by atoms with Gasteiger partial charge in [-0.15, -0.1) is 6.58 Å². The summed E-state index contributed by atoms with van der Waals surface area (Å²) in [7, 11) is -1.33. The van der Waals surface area contributed by atoms with Gasteiger partial charge in [0.2, 0.25) is 0 Å². The molecule has 1 nitrogen and oxygen atoms in total. The van der Waals surface area contributed by atoms with Crippen LogP contribution in [0.2, 0.25) is 18.1 Å². The molecule has 2 fully saturated rings. The molecule has 130 valence electrons. The van der Waals surface area contributed by atoms with Crippen molar-refractivity contribution in [2.45, 2.75) is 69.5 Å². The highest BCUT2D eigenvalue weighted by Crippen LogP contribution is 2.42. The molecule has 0 amide bonds. The van der Waals surface area contributed by atoms with E-state index < -0.39 is 8.07 Å². The lowest BCUT2D eigenvalue weighted by Crippen LogP contribution is -2.50. The summed E-state index contributed by atoms with van der Waals surface area (Å²) < 4.78 is 0. The van der Waals surface area contributed by atoms with Crippen molar-refractivity contribution in [1.29, 1.82) is 0 Å². The topological polar surface area (TPSA) is 17.1 Å². The van der Waals surface area contributed by atoms with E-state index in [0.29, 0.717) is 5.78 Å². The fourth-order valence-electron chi connectivity index (χ4n) is 5.16. The van der Waals surface area contributed by atoms with Crippen LogP contribution in [-0.4, -0.2) is 13.9 Å². The minimum Gasteiger partial charge on any atom is -0.300 e. The molecular formula is C22H32OSi. The smallest absolute Gasteiger partial charge is 0.132 e. The molecule has 0 N–H and O–H groups in total. The second-order valence-corrected chi connectivity index (χ2v) is 12.7. The van der Waals surface area contributed by atoms with E-state index in [2.05, 4.69) is 43.0 Å². The van der Waals surface area contributed by atoms with Gasteiger partial charge in [0.15, 0.2) is 0 Å². The highest BCUT2D eigenvalue weighted by molar-refractivity contribution is 6.92. The van der Waals surface area contributed by atoms with E-state index >= 15 is 0 Å². The summed E-state index contributed by atoms with van der Waals surface area (Å²) in [5, 5.41) is 1.69. The Balaban J connectivity index is 1.66. The van der Waals surface area contributed by atoms with Gasteiger partial charge in [-0.2, -0.15) is 0 Å². The van der Waals surface area contributed by atoms with Gasteiger partial charge in [-0.3, -0.25) is 4.79 Å². The van der Waals surface area contributed by atoms with Crippen LogP contribution in [0.5, 0.6) is 0 Å². The number of carbonyl (C=O) groups is 1. The van der Waals surface area contributed by atoms with Gasteiger partial charge in [0, 0.05) is 12.8 Å². The van der Waals surface area contributed by atoms with E-state index in [1.165, 1.54) is 50.2 Å². The van der Waals surface area contributed by atoms with E-state index in [0.717, 1.165) is 31.1 Å². The zero-order valence-electron chi connectivity index (χ0n) is 15.0. The van der Waals surface area contributed by atoms with Crippen LogP contribution in [0.3, 0.4) is 0 Å². The molecule has 0 aromatic heterocycles. The fourth-order valence-corrected chi connectivity index (χ4v) is 10.4. The Morgan fingerprint density at radius 1 is 1.00 bits per heavy atom. The standard InChI is InChI=1S/C22H32OSi/c1-2-3-7-16-24(22-8-5-4-6-9-22)17-14-20(15-18-24)19-10-12-21(23)13-11-19/h2,4-6,8-9,19-20H,1,3,7,10-18H2. The number of hydrogen-bond acceptors (Lipinski definition) is 1. The Labute approximate surface area is 148 Å². The van der Waals surface area contributed by atoms with E-state index in [4.69, 9.17) is 0 Å². The number of Topliss-reactive ketones (excluding diaryl/α,β-unsaturated/α-hetero) is 1. The molecule has 1 aliphatic heterocycles. The summed E-state index contributed by atoms with van der Waals surface area (Å²) in [5.41, 5.74) is 0. The van der Waals surface area contributed by atoms with E-state index in [1.54, 1.807) is 5.19 Å². The van der Waals surface area contributed by atoms with Gasteiger partial charge in [-0.1, -0.05) is 79.0 Å². The van der Waals surface area contributed by atoms with Crippen LogP contribution in [0.15, 0.2) is 43.0 Å². The van der Waals surface area contributed by atoms with Gasteiger partial charge in [0.05, 0.1) is 8.07 Å². The second kappa shape index (κ2) is 8.29. The molecule has 2 aliphatic rings. The third-order valence-electron chi connectivity index (χ3n) is 6.69. The SMILES string of the molecule is C=CCCC[Si]1(c2ccccc2)CCC(C2CCC(=O)CC2)CC1. The van der Waals surface area contributed by atoms with E-state index in [1.807, 2.05) is 0 Å². The zero-order chi connectivity index (χ0) is 16.8. The van der Waals surface area contributed by atoms with Crippen LogP contribution < -0.4 is 5.19 Å². The molecule has 2 heteroatoms. The number of carbonyl (C=O) groups excluding carboxylic acids is 1. The Bertz CT molecular complexity index is 532. The van der Waals surface area contributed by atoms with Crippen molar-refractivity contribution >= 4 is 19.0 Å². The molecule has 1 heterocycles. The van der Waals surface area contributed by atoms with Crippen molar-refractivity contribution in [1.82, 2.24) is 0 Å². The first-order chi connectivity index (χ1) is 11.7. The first kappa shape index (κ1) is 17.7. The lowest BCUT2D eigenvalue weighted by molar-refractivity contribution is -0.121. The number of hydrogen-bond donors (Lipinski definition) is 0. The number of ketones is 1. The molecule has 0 unspecified atom stereocenters. The zero-order valence-corrected chi connectivity index (χ0v) is 16.0. The van der Waals surface area contributed by atoms with Crippen LogP contribution in [-0.2, 0) is 4.79 Å². The molecule has 0 bridgehead atoms. The van der Waals surface area contributed by atoms with Crippen LogP contribution >= 0.6 is 0 Å². The summed E-state index contributed by atoms with van der Waals surface area (Å²) in [5.74, 6) is 2.22. The van der Waals surface area contributed by atoms with Crippen LogP contribution in [0.1, 0.15) is 51.4 Å². The lowest BCUT2D eigenvalue weighted by atomic mass is 9.77. The highest BCUT2D eigenvalue weighted by Gasteiger charge is 2.40. The van der Waals surface area contributed by atoms with Gasteiger partial charge in [0.1, 0.15) is 5.78 Å². The monoisotopic (exact) mass is 340 g/mol. The van der Waals surface area contributed by atoms with Gasteiger partial charge >= 0.3 is 0 Å². The number of rotatable bonds is 6. The summed E-state index contributed by atoms with van der Waals surface area (Å²) in [6, 6.07) is 15.8. The van der Waals surface area contributed by atoms with Crippen LogP contribution in [0.4, 0.5) is 0 Å². The maximum atomic E-state index is 11.5. The van der Waals surface area contributed by atoms with Gasteiger partial charge in [0.25, 0.3) is 0 Å². The fraction of sp³-hybridized carbons (Fsp3) is 0.591. The number of benzene rings is 1. The summed E-state index contributed by atoms with van der Waals surface area (Å²) >= 11 is 0. The third-order valence-corrected chi connectivity index (χ3v) is 12.1. The first-order valence-electron chi connectivity index (χ1n) is 9.92. The van der Waals surface area contributed by atoms with Crippen molar-refractivity contribution in [3.8, 4) is 0 Å². The molecule has 1 aromatic carbocycles. The Morgan fingerprint density at radius 3 is 2.25 bits per heavy atom. The predicted octanol–water partition coefficient (Wildman–Crippen LogP) is 5.48. The first-order valence-corrected chi connectivity index (χ1v) is 12.5. The molecule has 1 aromatic rings. The molecule has 3 rings (SSSR count). The normalized spacial score (nSPS) is 28.7. The minimum atomic E-state index is -1.33. The Morgan fingerprint density at radius 2 is 1.62 bits per heavy atom. The molecule has 1 saturated carbocycles. The highest BCUT2D eigenvalue weighted by atomic mass is 28.3. The van der Waals surface area contributed by atoms with Crippen molar-refractivity contribution in [2.75, 3.05) is 0 Å². The van der Waals surface area contributed by atoms with E-state index in [9.17, 15) is 4.79 Å². The molecule has 24 heavy (non-hydrogen) atoms. The molecule has 0 radical (unpaired) electrons. The molecule has 1 aliphatic carbocycles. The van der Waals surface area contributed by atoms with Crippen LogP contribution in [0.25, 0.3) is 0 Å². The molecule has 1 saturated heterocycles. The van der Waals surface area contributed by atoms with Crippen molar-refractivity contribution in [3.05, 3.63) is 43.0 Å².